The van der Waals surface area contributed by atoms with Gasteiger partial charge in [-0.1, -0.05) is 35.3 Å². The molecule has 4 rings (SSSR count). The molecule has 0 radical (unpaired) electrons. The largest absolute Gasteiger partial charge is 0.495 e. The zero-order valence-corrected chi connectivity index (χ0v) is 19.0. The zero-order valence-electron chi connectivity index (χ0n) is 16.7. The van der Waals surface area contributed by atoms with Gasteiger partial charge >= 0.3 is 0 Å². The van der Waals surface area contributed by atoms with Gasteiger partial charge in [-0.25, -0.2) is 8.42 Å². The fourth-order valence-corrected chi connectivity index (χ4v) is 5.38. The highest BCUT2D eigenvalue weighted by Crippen LogP contribution is 2.30. The summed E-state index contributed by atoms with van der Waals surface area (Å²) in [4.78, 5) is 2.09. The van der Waals surface area contributed by atoms with Crippen molar-refractivity contribution in [2.24, 2.45) is 0 Å². The van der Waals surface area contributed by atoms with Gasteiger partial charge in [-0.3, -0.25) is 0 Å². The molecular weight excluding hydrogens is 459 g/mol. The fraction of sp³-hybridized carbons (Fsp3) is 0.238. The van der Waals surface area contributed by atoms with Crippen LogP contribution in [-0.4, -0.2) is 56.2 Å². The van der Waals surface area contributed by atoms with Crippen LogP contribution in [0.4, 0.5) is 5.82 Å². The number of ether oxygens (including phenoxy) is 1. The number of anilines is 1. The highest BCUT2D eigenvalue weighted by atomic mass is 35.5. The van der Waals surface area contributed by atoms with E-state index in [0.29, 0.717) is 42.0 Å². The predicted molar refractivity (Wildman–Crippen MR) is 121 cm³/mol. The van der Waals surface area contributed by atoms with Gasteiger partial charge in [0.2, 0.25) is 10.0 Å². The molecule has 1 aliphatic rings. The normalized spacial score (nSPS) is 15.1. The lowest BCUT2D eigenvalue weighted by Crippen LogP contribution is -2.49. The summed E-state index contributed by atoms with van der Waals surface area (Å²) in [5.41, 5.74) is 1.67. The Bertz CT molecular complexity index is 1160. The van der Waals surface area contributed by atoms with Crippen LogP contribution in [0.1, 0.15) is 0 Å². The standard InChI is InChI=1S/C21H20Cl2N4O3S/c1-30-19-8-6-17(23)14-20(19)31(28,29)27-12-10-26(11-13-27)21-9-7-18(24-25-21)15-2-4-16(22)5-3-15/h2-9,14H,10-13H2,1H3. The maximum atomic E-state index is 13.1. The van der Waals surface area contributed by atoms with Gasteiger partial charge in [0.05, 0.1) is 12.8 Å². The summed E-state index contributed by atoms with van der Waals surface area (Å²) in [6.45, 7) is 1.63. The Balaban J connectivity index is 1.46. The molecule has 0 N–H and O–H groups in total. The molecule has 0 atom stereocenters. The molecule has 1 saturated heterocycles. The first-order chi connectivity index (χ1) is 14.9. The summed E-state index contributed by atoms with van der Waals surface area (Å²) >= 11 is 11.9. The van der Waals surface area contributed by atoms with Gasteiger partial charge in [-0.2, -0.15) is 4.31 Å². The van der Waals surface area contributed by atoms with Gasteiger partial charge in [0.25, 0.3) is 0 Å². The number of hydrogen-bond acceptors (Lipinski definition) is 6. The smallest absolute Gasteiger partial charge is 0.246 e. The number of benzene rings is 2. The monoisotopic (exact) mass is 478 g/mol. The highest BCUT2D eigenvalue weighted by Gasteiger charge is 2.31. The quantitative estimate of drug-likeness (QED) is 0.552. The average molecular weight is 479 g/mol. The van der Waals surface area contributed by atoms with Crippen LogP contribution < -0.4 is 9.64 Å². The summed E-state index contributed by atoms with van der Waals surface area (Å²) in [6.07, 6.45) is 0. The number of hydrogen-bond donors (Lipinski definition) is 0. The number of sulfonamides is 1. The second kappa shape index (κ2) is 9.00. The first kappa shape index (κ1) is 21.8. The summed E-state index contributed by atoms with van der Waals surface area (Å²) in [6, 6.07) is 15.8. The van der Waals surface area contributed by atoms with Crippen LogP contribution in [0.2, 0.25) is 10.0 Å². The summed E-state index contributed by atoms with van der Waals surface area (Å²) in [7, 11) is -2.29. The van der Waals surface area contributed by atoms with E-state index in [1.807, 2.05) is 29.2 Å². The first-order valence-electron chi connectivity index (χ1n) is 9.57. The molecule has 7 nitrogen and oxygen atoms in total. The molecule has 31 heavy (non-hydrogen) atoms. The molecule has 2 aromatic carbocycles. The van der Waals surface area contributed by atoms with Crippen LogP contribution in [-0.2, 0) is 10.0 Å². The van der Waals surface area contributed by atoms with E-state index in [-0.39, 0.29) is 10.6 Å². The second-order valence-corrected chi connectivity index (χ2v) is 9.75. The Morgan fingerprint density at radius 1 is 0.871 bits per heavy atom. The number of halogens is 2. The Hall–Kier alpha value is -2.39. The lowest BCUT2D eigenvalue weighted by Gasteiger charge is -2.34. The molecule has 3 aromatic rings. The van der Waals surface area contributed by atoms with Gasteiger partial charge in [-0.15, -0.1) is 10.2 Å². The molecule has 1 aromatic heterocycles. The van der Waals surface area contributed by atoms with E-state index in [9.17, 15) is 8.42 Å². The minimum Gasteiger partial charge on any atom is -0.495 e. The minimum atomic E-state index is -3.73. The molecule has 10 heteroatoms. The van der Waals surface area contributed by atoms with Crippen molar-refractivity contribution in [1.29, 1.82) is 0 Å². The van der Waals surface area contributed by atoms with E-state index in [2.05, 4.69) is 10.2 Å². The molecule has 162 valence electrons. The molecule has 1 aliphatic heterocycles. The lowest BCUT2D eigenvalue weighted by molar-refractivity contribution is 0.373. The third-order valence-electron chi connectivity index (χ3n) is 5.10. The maximum absolute atomic E-state index is 13.1. The van der Waals surface area contributed by atoms with E-state index in [0.717, 1.165) is 11.3 Å². The van der Waals surface area contributed by atoms with Gasteiger partial charge < -0.3 is 9.64 Å². The first-order valence-corrected chi connectivity index (χ1v) is 11.8. The average Bonchev–Trinajstić information content (AvgIpc) is 2.80. The lowest BCUT2D eigenvalue weighted by atomic mass is 10.1. The SMILES string of the molecule is COc1ccc(Cl)cc1S(=O)(=O)N1CCN(c2ccc(-c3ccc(Cl)cc3)nn2)CC1. The van der Waals surface area contributed by atoms with Gasteiger partial charge in [0.1, 0.15) is 10.6 Å². The van der Waals surface area contributed by atoms with Crippen molar-refractivity contribution in [1.82, 2.24) is 14.5 Å². The Labute approximate surface area is 191 Å². The summed E-state index contributed by atoms with van der Waals surface area (Å²) in [5, 5.41) is 9.63. The minimum absolute atomic E-state index is 0.0723. The van der Waals surface area contributed by atoms with Crippen LogP contribution in [0.15, 0.2) is 59.5 Å². The van der Waals surface area contributed by atoms with E-state index >= 15 is 0 Å². The number of piperazine rings is 1. The van der Waals surface area contributed by atoms with Crippen molar-refractivity contribution in [2.75, 3.05) is 38.2 Å². The van der Waals surface area contributed by atoms with Crippen LogP contribution in [0, 0.1) is 0 Å². The van der Waals surface area contributed by atoms with Gasteiger partial charge in [0, 0.05) is 41.8 Å². The summed E-state index contributed by atoms with van der Waals surface area (Å²) in [5.74, 6) is 0.977. The molecule has 0 aliphatic carbocycles. The van der Waals surface area contributed by atoms with Crippen molar-refractivity contribution in [3.63, 3.8) is 0 Å². The Kier molecular flexibility index (Phi) is 6.34. The van der Waals surface area contributed by atoms with Crippen molar-refractivity contribution in [3.8, 4) is 17.0 Å². The molecule has 1 fully saturated rings. The second-order valence-electron chi connectivity index (χ2n) is 6.97. The van der Waals surface area contributed by atoms with Gasteiger partial charge in [0.15, 0.2) is 5.82 Å². The van der Waals surface area contributed by atoms with Crippen molar-refractivity contribution in [2.45, 2.75) is 4.90 Å². The summed E-state index contributed by atoms with van der Waals surface area (Å²) < 4.78 is 32.9. The number of nitrogens with zero attached hydrogens (tertiary/aromatic N) is 4. The molecule has 0 saturated carbocycles. The molecule has 0 bridgehead atoms. The Morgan fingerprint density at radius 3 is 2.16 bits per heavy atom. The fourth-order valence-electron chi connectivity index (χ4n) is 3.42. The van der Waals surface area contributed by atoms with Crippen LogP contribution in [0.3, 0.4) is 0 Å². The van der Waals surface area contributed by atoms with Crippen molar-refractivity contribution >= 4 is 39.0 Å². The van der Waals surface area contributed by atoms with E-state index < -0.39 is 10.0 Å². The molecule has 0 unspecified atom stereocenters. The maximum Gasteiger partial charge on any atom is 0.246 e. The van der Waals surface area contributed by atoms with Crippen molar-refractivity contribution in [3.05, 3.63) is 64.6 Å². The number of aromatic nitrogens is 2. The van der Waals surface area contributed by atoms with Crippen LogP contribution >= 0.6 is 23.2 Å². The van der Waals surface area contributed by atoms with E-state index in [1.165, 1.54) is 17.5 Å². The number of rotatable bonds is 5. The zero-order chi connectivity index (χ0) is 22.0. The van der Waals surface area contributed by atoms with Gasteiger partial charge in [-0.05, 0) is 42.5 Å². The molecule has 2 heterocycles. The van der Waals surface area contributed by atoms with E-state index in [1.54, 1.807) is 24.3 Å². The third-order valence-corrected chi connectivity index (χ3v) is 7.50. The molecule has 0 amide bonds. The highest BCUT2D eigenvalue weighted by molar-refractivity contribution is 7.89. The molecular formula is C21H20Cl2N4O3S. The topological polar surface area (TPSA) is 75.6 Å². The predicted octanol–water partition coefficient (Wildman–Crippen LogP) is 3.97. The third kappa shape index (κ3) is 4.62. The molecule has 0 spiro atoms. The van der Waals surface area contributed by atoms with Crippen LogP contribution in [0.5, 0.6) is 5.75 Å². The Morgan fingerprint density at radius 2 is 1.55 bits per heavy atom. The van der Waals surface area contributed by atoms with Crippen molar-refractivity contribution < 1.29 is 13.2 Å². The van der Waals surface area contributed by atoms with Crippen LogP contribution in [0.25, 0.3) is 11.3 Å². The number of methoxy groups -OCH3 is 1. The van der Waals surface area contributed by atoms with E-state index in [4.69, 9.17) is 27.9 Å².